The zero-order chi connectivity index (χ0) is 21.7. The maximum atomic E-state index is 14.2. The van der Waals surface area contributed by atoms with Gasteiger partial charge in [-0.3, -0.25) is 4.79 Å². The van der Waals surface area contributed by atoms with Gasteiger partial charge in [0.2, 0.25) is 0 Å². The average Bonchev–Trinajstić information content (AvgIpc) is 3.16. The Morgan fingerprint density at radius 1 is 1.19 bits per heavy atom. The van der Waals surface area contributed by atoms with Crippen LogP contribution in [-0.2, 0) is 12.8 Å². The van der Waals surface area contributed by atoms with Gasteiger partial charge in [-0.2, -0.15) is 5.10 Å². The van der Waals surface area contributed by atoms with Gasteiger partial charge in [0, 0.05) is 5.56 Å². The maximum Gasteiger partial charge on any atom is 0.251 e. The number of nitrogens with zero attached hydrogens (tertiary/aromatic N) is 4. The molecule has 0 bridgehead atoms. The fourth-order valence-corrected chi connectivity index (χ4v) is 4.26. The van der Waals surface area contributed by atoms with Gasteiger partial charge in [-0.25, -0.2) is 19.0 Å². The molecule has 9 heteroatoms. The summed E-state index contributed by atoms with van der Waals surface area (Å²) in [5, 5.41) is 15.2. The summed E-state index contributed by atoms with van der Waals surface area (Å²) in [6.07, 6.45) is 3.91. The number of carbonyl (C=O) groups is 1. The standard InChI is InChI=1S/C22H19FN6O2/c23-18-15(21(25)31)8-13(9-16(18)30)19-17-20(24)26-10-27-22(17)29(28-19)14-6-5-11-3-1-2-4-12(11)7-14/h1-4,8-10,14,30H,5-7H2,(H2,25,31)(H2,24,26,27). The minimum absolute atomic E-state index is 0.0325. The van der Waals surface area contributed by atoms with Crippen molar-refractivity contribution in [1.82, 2.24) is 19.7 Å². The number of benzene rings is 2. The van der Waals surface area contributed by atoms with E-state index < -0.39 is 23.0 Å². The predicted molar refractivity (Wildman–Crippen MR) is 113 cm³/mol. The van der Waals surface area contributed by atoms with Gasteiger partial charge < -0.3 is 16.6 Å². The van der Waals surface area contributed by atoms with E-state index in [1.165, 1.54) is 29.6 Å². The first-order valence-corrected chi connectivity index (χ1v) is 9.82. The van der Waals surface area contributed by atoms with Crippen molar-refractivity contribution in [2.45, 2.75) is 25.3 Å². The Labute approximate surface area is 176 Å². The Morgan fingerprint density at radius 3 is 2.74 bits per heavy atom. The molecule has 0 spiro atoms. The van der Waals surface area contributed by atoms with E-state index in [0.29, 0.717) is 22.3 Å². The van der Waals surface area contributed by atoms with Crippen LogP contribution in [0, 0.1) is 5.82 Å². The number of phenolic OH excluding ortho intramolecular Hbond substituents is 1. The molecule has 1 aliphatic rings. The minimum atomic E-state index is -1.08. The van der Waals surface area contributed by atoms with Gasteiger partial charge in [0.15, 0.2) is 17.2 Å². The van der Waals surface area contributed by atoms with Crippen LogP contribution in [0.1, 0.15) is 33.9 Å². The summed E-state index contributed by atoms with van der Waals surface area (Å²) in [6, 6.07) is 10.8. The minimum Gasteiger partial charge on any atom is -0.505 e. The number of nitrogen functional groups attached to an aromatic ring is 1. The number of anilines is 1. The summed E-state index contributed by atoms with van der Waals surface area (Å²) in [5.41, 5.74) is 14.8. The molecule has 0 fully saturated rings. The van der Waals surface area contributed by atoms with Crippen LogP contribution in [0.5, 0.6) is 5.75 Å². The molecule has 1 amide bonds. The third-order valence-electron chi connectivity index (χ3n) is 5.78. The molecule has 31 heavy (non-hydrogen) atoms. The quantitative estimate of drug-likeness (QED) is 0.469. The first-order chi connectivity index (χ1) is 14.9. The molecule has 0 aliphatic heterocycles. The van der Waals surface area contributed by atoms with Crippen LogP contribution in [0.3, 0.4) is 0 Å². The van der Waals surface area contributed by atoms with Crippen molar-refractivity contribution in [2.24, 2.45) is 5.73 Å². The zero-order valence-electron chi connectivity index (χ0n) is 16.4. The molecule has 0 saturated heterocycles. The topological polar surface area (TPSA) is 133 Å². The number of hydrogen-bond donors (Lipinski definition) is 3. The number of aromatic nitrogens is 4. The van der Waals surface area contributed by atoms with Crippen molar-refractivity contribution >= 4 is 22.8 Å². The van der Waals surface area contributed by atoms with E-state index >= 15 is 0 Å². The molecule has 1 unspecified atom stereocenters. The summed E-state index contributed by atoms with van der Waals surface area (Å²) in [4.78, 5) is 20.1. The van der Waals surface area contributed by atoms with Crippen LogP contribution in [0.4, 0.5) is 10.2 Å². The highest BCUT2D eigenvalue weighted by Crippen LogP contribution is 2.37. The Kier molecular flexibility index (Phi) is 4.32. The Morgan fingerprint density at radius 2 is 1.97 bits per heavy atom. The van der Waals surface area contributed by atoms with Crippen LogP contribution in [0.25, 0.3) is 22.3 Å². The molecule has 1 atom stereocenters. The summed E-state index contributed by atoms with van der Waals surface area (Å²) >= 11 is 0. The van der Waals surface area contributed by atoms with Crippen molar-refractivity contribution in [1.29, 1.82) is 0 Å². The van der Waals surface area contributed by atoms with Gasteiger partial charge in [-0.05, 0) is 42.5 Å². The number of primary amides is 1. The van der Waals surface area contributed by atoms with E-state index in [0.717, 1.165) is 19.3 Å². The van der Waals surface area contributed by atoms with Crippen molar-refractivity contribution in [3.05, 3.63) is 65.2 Å². The number of hydrogen-bond acceptors (Lipinski definition) is 6. The van der Waals surface area contributed by atoms with Crippen LogP contribution >= 0.6 is 0 Å². The molecule has 0 saturated carbocycles. The zero-order valence-corrected chi connectivity index (χ0v) is 16.4. The van der Waals surface area contributed by atoms with Gasteiger partial charge in [-0.15, -0.1) is 0 Å². The molecule has 8 nitrogen and oxygen atoms in total. The molecule has 2 aromatic carbocycles. The van der Waals surface area contributed by atoms with E-state index in [1.807, 2.05) is 16.8 Å². The Bertz CT molecular complexity index is 1350. The van der Waals surface area contributed by atoms with E-state index in [-0.39, 0.29) is 11.9 Å². The normalized spacial score (nSPS) is 15.7. The largest absolute Gasteiger partial charge is 0.505 e. The third-order valence-corrected chi connectivity index (χ3v) is 5.78. The fourth-order valence-electron chi connectivity index (χ4n) is 4.26. The fraction of sp³-hybridized carbons (Fsp3) is 0.182. The molecular formula is C22H19FN6O2. The van der Waals surface area contributed by atoms with Crippen molar-refractivity contribution in [3.63, 3.8) is 0 Å². The van der Waals surface area contributed by atoms with E-state index in [2.05, 4.69) is 22.1 Å². The smallest absolute Gasteiger partial charge is 0.251 e. The molecule has 5 N–H and O–H groups in total. The SMILES string of the molecule is NC(=O)c1cc(-c2nn(C3CCc4ccccc4C3)c3ncnc(N)c23)cc(O)c1F. The van der Waals surface area contributed by atoms with Crippen LogP contribution in [0.15, 0.2) is 42.7 Å². The summed E-state index contributed by atoms with van der Waals surface area (Å²) in [7, 11) is 0. The number of rotatable bonds is 3. The number of phenols is 1. The highest BCUT2D eigenvalue weighted by molar-refractivity contribution is 6.00. The predicted octanol–water partition coefficient (Wildman–Crippen LogP) is 2.75. The molecule has 156 valence electrons. The first kappa shape index (κ1) is 19.0. The molecule has 2 heterocycles. The summed E-state index contributed by atoms with van der Waals surface area (Å²) in [6.45, 7) is 0. The number of aryl methyl sites for hydroxylation is 1. The molecular weight excluding hydrogens is 399 g/mol. The third kappa shape index (κ3) is 3.05. The number of carbonyl (C=O) groups excluding carboxylic acids is 1. The summed E-state index contributed by atoms with van der Waals surface area (Å²) in [5.74, 6) is -2.57. The van der Waals surface area contributed by atoms with E-state index in [1.54, 1.807) is 0 Å². The van der Waals surface area contributed by atoms with Crippen molar-refractivity contribution < 1.29 is 14.3 Å². The maximum absolute atomic E-state index is 14.2. The first-order valence-electron chi connectivity index (χ1n) is 9.82. The number of nitrogens with two attached hydrogens (primary N) is 2. The van der Waals surface area contributed by atoms with Crippen LogP contribution < -0.4 is 11.5 Å². The highest BCUT2D eigenvalue weighted by atomic mass is 19.1. The van der Waals surface area contributed by atoms with Gasteiger partial charge >= 0.3 is 0 Å². The van der Waals surface area contributed by atoms with Gasteiger partial charge in [0.05, 0.1) is 17.0 Å². The lowest BCUT2D eigenvalue weighted by Crippen LogP contribution is -2.20. The van der Waals surface area contributed by atoms with Gasteiger partial charge in [0.25, 0.3) is 5.91 Å². The number of aromatic hydroxyl groups is 1. The van der Waals surface area contributed by atoms with E-state index in [4.69, 9.17) is 16.6 Å². The Balaban J connectivity index is 1.69. The van der Waals surface area contributed by atoms with Crippen molar-refractivity contribution in [2.75, 3.05) is 5.73 Å². The van der Waals surface area contributed by atoms with Crippen LogP contribution in [0.2, 0.25) is 0 Å². The second kappa shape index (κ2) is 7.05. The molecule has 2 aromatic heterocycles. The molecule has 0 radical (unpaired) electrons. The number of halogens is 1. The Hall–Kier alpha value is -4.01. The molecule has 4 aromatic rings. The average molecular weight is 418 g/mol. The van der Waals surface area contributed by atoms with E-state index in [9.17, 15) is 14.3 Å². The van der Waals surface area contributed by atoms with Gasteiger partial charge in [-0.1, -0.05) is 24.3 Å². The second-order valence-corrected chi connectivity index (χ2v) is 7.64. The van der Waals surface area contributed by atoms with Crippen LogP contribution in [-0.4, -0.2) is 30.8 Å². The lowest BCUT2D eigenvalue weighted by molar-refractivity contribution is 0.0995. The monoisotopic (exact) mass is 418 g/mol. The molecule has 5 rings (SSSR count). The highest BCUT2D eigenvalue weighted by Gasteiger charge is 2.27. The second-order valence-electron chi connectivity index (χ2n) is 7.64. The number of amides is 1. The lowest BCUT2D eigenvalue weighted by atomic mass is 9.88. The lowest BCUT2D eigenvalue weighted by Gasteiger charge is -2.25. The summed E-state index contributed by atoms with van der Waals surface area (Å²) < 4.78 is 16.0. The van der Waals surface area contributed by atoms with Crippen molar-refractivity contribution in [3.8, 4) is 17.0 Å². The van der Waals surface area contributed by atoms with Gasteiger partial charge in [0.1, 0.15) is 17.8 Å². The number of fused-ring (bicyclic) bond motifs is 2. The molecule has 1 aliphatic carbocycles.